The lowest BCUT2D eigenvalue weighted by Gasteiger charge is -2.13. The Labute approximate surface area is 180 Å². The Bertz CT molecular complexity index is 972. The average Bonchev–Trinajstić information content (AvgIpc) is 2.76. The van der Waals surface area contributed by atoms with Gasteiger partial charge in [-0.25, -0.2) is 4.79 Å². The van der Waals surface area contributed by atoms with Crippen LogP contribution in [0.2, 0.25) is 0 Å². The molecule has 0 aromatic heterocycles. The number of Topliss-reactive ketones (excluding diaryl/α,β-unsaturated/α-hetero) is 1. The number of anilines is 1. The summed E-state index contributed by atoms with van der Waals surface area (Å²) in [4.78, 5) is 35.9. The van der Waals surface area contributed by atoms with Crippen LogP contribution >= 0.6 is 0 Å². The zero-order chi connectivity index (χ0) is 23.0. The Morgan fingerprint density at radius 1 is 0.968 bits per heavy atom. The largest absolute Gasteiger partial charge is 0.493 e. The van der Waals surface area contributed by atoms with Crippen LogP contribution in [0, 0.1) is 0 Å². The molecule has 0 aliphatic heterocycles. The highest BCUT2D eigenvalue weighted by molar-refractivity contribution is 5.99. The van der Waals surface area contributed by atoms with Gasteiger partial charge in [0.25, 0.3) is 5.91 Å². The summed E-state index contributed by atoms with van der Waals surface area (Å²) >= 11 is 0. The van der Waals surface area contributed by atoms with Gasteiger partial charge in [-0.15, -0.1) is 0 Å². The highest BCUT2D eigenvalue weighted by Crippen LogP contribution is 2.38. The molecule has 1 unspecified atom stereocenters. The van der Waals surface area contributed by atoms with Crippen molar-refractivity contribution >= 4 is 29.4 Å². The van der Waals surface area contributed by atoms with Gasteiger partial charge in [0.1, 0.15) is 0 Å². The van der Waals surface area contributed by atoms with Gasteiger partial charge in [-0.05, 0) is 49.8 Å². The summed E-state index contributed by atoms with van der Waals surface area (Å²) in [5.41, 5.74) is 1.52. The van der Waals surface area contributed by atoms with Gasteiger partial charge in [0.05, 0.1) is 21.3 Å². The van der Waals surface area contributed by atoms with Gasteiger partial charge in [0.15, 0.2) is 23.4 Å². The van der Waals surface area contributed by atoms with E-state index in [0.29, 0.717) is 34.1 Å². The number of benzene rings is 2. The van der Waals surface area contributed by atoms with Crippen molar-refractivity contribution < 1.29 is 33.3 Å². The Balaban J connectivity index is 2.03. The number of hydrogen-bond acceptors (Lipinski definition) is 7. The smallest absolute Gasteiger partial charge is 0.331 e. The lowest BCUT2D eigenvalue weighted by atomic mass is 10.1. The van der Waals surface area contributed by atoms with E-state index in [9.17, 15) is 14.4 Å². The topological polar surface area (TPSA) is 100 Å². The van der Waals surface area contributed by atoms with Gasteiger partial charge in [-0.3, -0.25) is 9.59 Å². The molecule has 0 fully saturated rings. The molecule has 0 spiro atoms. The van der Waals surface area contributed by atoms with E-state index in [2.05, 4.69) is 5.32 Å². The first kappa shape index (κ1) is 23.5. The fourth-order valence-electron chi connectivity index (χ4n) is 2.69. The number of nitrogens with one attached hydrogen (secondary N) is 1. The molecule has 0 saturated carbocycles. The highest BCUT2D eigenvalue weighted by Gasteiger charge is 2.17. The average molecular weight is 427 g/mol. The maximum atomic E-state index is 12.3. The molecular formula is C23H25NO7. The third-order valence-electron chi connectivity index (χ3n) is 4.30. The summed E-state index contributed by atoms with van der Waals surface area (Å²) in [6.45, 7) is 2.89. The minimum absolute atomic E-state index is 0.118. The van der Waals surface area contributed by atoms with Crippen molar-refractivity contribution in [2.24, 2.45) is 0 Å². The van der Waals surface area contributed by atoms with Gasteiger partial charge in [-0.2, -0.15) is 0 Å². The van der Waals surface area contributed by atoms with E-state index < -0.39 is 18.0 Å². The summed E-state index contributed by atoms with van der Waals surface area (Å²) in [5, 5.41) is 2.62. The van der Waals surface area contributed by atoms with E-state index >= 15 is 0 Å². The standard InChI is InChI=1S/C23H25NO7/c1-14(25)17-7-6-8-18(13-17)24-23(27)15(2)31-21(26)10-9-16-11-19(28-3)22(30-5)20(12-16)29-4/h6-13,15H,1-5H3,(H,24,27). The van der Waals surface area contributed by atoms with E-state index in [4.69, 9.17) is 18.9 Å². The maximum Gasteiger partial charge on any atom is 0.331 e. The molecule has 0 saturated heterocycles. The lowest BCUT2D eigenvalue weighted by Crippen LogP contribution is -2.29. The fourth-order valence-corrected chi connectivity index (χ4v) is 2.69. The second-order valence-corrected chi connectivity index (χ2v) is 6.50. The van der Waals surface area contributed by atoms with E-state index in [1.807, 2.05) is 0 Å². The Morgan fingerprint density at radius 3 is 2.16 bits per heavy atom. The van der Waals surface area contributed by atoms with Crippen LogP contribution in [-0.4, -0.2) is 45.1 Å². The lowest BCUT2D eigenvalue weighted by molar-refractivity contribution is -0.148. The van der Waals surface area contributed by atoms with Crippen molar-refractivity contribution in [3.63, 3.8) is 0 Å². The first-order valence-electron chi connectivity index (χ1n) is 9.39. The summed E-state index contributed by atoms with van der Waals surface area (Å²) in [6, 6.07) is 9.84. The second kappa shape index (κ2) is 10.8. The molecule has 1 N–H and O–H groups in total. The van der Waals surface area contributed by atoms with Crippen molar-refractivity contribution in [3.8, 4) is 17.2 Å². The van der Waals surface area contributed by atoms with Crippen molar-refractivity contribution in [2.45, 2.75) is 20.0 Å². The third-order valence-corrected chi connectivity index (χ3v) is 4.30. The monoisotopic (exact) mass is 427 g/mol. The Hall–Kier alpha value is -3.81. The van der Waals surface area contributed by atoms with Gasteiger partial charge in [-0.1, -0.05) is 12.1 Å². The number of rotatable bonds is 9. The number of ether oxygens (including phenoxy) is 4. The zero-order valence-electron chi connectivity index (χ0n) is 18.1. The number of carbonyl (C=O) groups is 3. The van der Waals surface area contributed by atoms with Crippen LogP contribution in [0.4, 0.5) is 5.69 Å². The van der Waals surface area contributed by atoms with Crippen molar-refractivity contribution in [2.75, 3.05) is 26.6 Å². The molecule has 0 bridgehead atoms. The third kappa shape index (κ3) is 6.33. The molecule has 164 valence electrons. The highest BCUT2D eigenvalue weighted by atomic mass is 16.5. The van der Waals surface area contributed by atoms with Crippen LogP contribution in [0.5, 0.6) is 17.2 Å². The van der Waals surface area contributed by atoms with Crippen LogP contribution in [0.1, 0.15) is 29.8 Å². The van der Waals surface area contributed by atoms with Crippen LogP contribution in [0.25, 0.3) is 6.08 Å². The van der Waals surface area contributed by atoms with Gasteiger partial charge < -0.3 is 24.3 Å². The number of methoxy groups -OCH3 is 3. The summed E-state index contributed by atoms with van der Waals surface area (Å²) in [5.74, 6) is -0.0219. The van der Waals surface area contributed by atoms with Crippen LogP contribution in [0.3, 0.4) is 0 Å². The van der Waals surface area contributed by atoms with Crippen molar-refractivity contribution in [1.29, 1.82) is 0 Å². The molecular weight excluding hydrogens is 402 g/mol. The second-order valence-electron chi connectivity index (χ2n) is 6.50. The predicted octanol–water partition coefficient (Wildman–Crippen LogP) is 3.50. The minimum atomic E-state index is -1.04. The van der Waals surface area contributed by atoms with E-state index in [0.717, 1.165) is 0 Å². The number of amides is 1. The first-order chi connectivity index (χ1) is 14.8. The van der Waals surface area contributed by atoms with Crippen molar-refractivity contribution in [1.82, 2.24) is 0 Å². The summed E-state index contributed by atoms with van der Waals surface area (Å²) in [6.07, 6.45) is 1.66. The van der Waals surface area contributed by atoms with E-state index in [1.165, 1.54) is 47.3 Å². The molecule has 0 aliphatic rings. The fraction of sp³-hybridized carbons (Fsp3) is 0.261. The molecule has 2 aromatic rings. The molecule has 0 heterocycles. The molecule has 2 rings (SSSR count). The molecule has 0 aliphatic carbocycles. The number of ketones is 1. The maximum absolute atomic E-state index is 12.3. The van der Waals surface area contributed by atoms with Gasteiger partial charge >= 0.3 is 5.97 Å². The SMILES string of the molecule is COc1cc(C=CC(=O)OC(C)C(=O)Nc2cccc(C(C)=O)c2)cc(OC)c1OC. The predicted molar refractivity (Wildman–Crippen MR) is 116 cm³/mol. The molecule has 1 atom stereocenters. The number of carbonyl (C=O) groups excluding carboxylic acids is 3. The quantitative estimate of drug-likeness (QED) is 0.371. The Morgan fingerprint density at radius 2 is 1.61 bits per heavy atom. The van der Waals surface area contributed by atoms with Crippen molar-refractivity contribution in [3.05, 3.63) is 53.6 Å². The Kier molecular flexibility index (Phi) is 8.19. The first-order valence-corrected chi connectivity index (χ1v) is 9.39. The summed E-state index contributed by atoms with van der Waals surface area (Å²) < 4.78 is 21.0. The minimum Gasteiger partial charge on any atom is -0.493 e. The van der Waals surface area contributed by atoms with Crippen LogP contribution in [0.15, 0.2) is 42.5 Å². The number of hydrogen-bond donors (Lipinski definition) is 1. The normalized spacial score (nSPS) is 11.5. The molecule has 31 heavy (non-hydrogen) atoms. The molecule has 1 amide bonds. The molecule has 8 nitrogen and oxygen atoms in total. The summed E-state index contributed by atoms with van der Waals surface area (Å²) in [7, 11) is 4.48. The molecule has 0 radical (unpaired) electrons. The number of esters is 1. The molecule has 8 heteroatoms. The van der Waals surface area contributed by atoms with Crippen LogP contribution in [-0.2, 0) is 14.3 Å². The van der Waals surface area contributed by atoms with E-state index in [-0.39, 0.29) is 5.78 Å². The zero-order valence-corrected chi connectivity index (χ0v) is 18.1. The molecule has 2 aromatic carbocycles. The van der Waals surface area contributed by atoms with Gasteiger partial charge in [0.2, 0.25) is 5.75 Å². The van der Waals surface area contributed by atoms with Crippen LogP contribution < -0.4 is 19.5 Å². The van der Waals surface area contributed by atoms with E-state index in [1.54, 1.807) is 36.4 Å². The van der Waals surface area contributed by atoms with Gasteiger partial charge in [0, 0.05) is 17.3 Å².